The van der Waals surface area contributed by atoms with E-state index in [9.17, 15) is 18.0 Å². The van der Waals surface area contributed by atoms with Gasteiger partial charge in [0.25, 0.3) is 0 Å². The van der Waals surface area contributed by atoms with E-state index in [-0.39, 0.29) is 18.2 Å². The summed E-state index contributed by atoms with van der Waals surface area (Å²) in [5.74, 6) is -1.87. The first-order chi connectivity index (χ1) is 10.3. The van der Waals surface area contributed by atoms with Gasteiger partial charge in [0.15, 0.2) is 0 Å². The van der Waals surface area contributed by atoms with Crippen LogP contribution in [0.5, 0.6) is 0 Å². The minimum absolute atomic E-state index is 0.00951. The number of nitrogens with zero attached hydrogens (tertiary/aromatic N) is 1. The molecule has 0 radical (unpaired) electrons. The van der Waals surface area contributed by atoms with E-state index in [1.54, 1.807) is 6.92 Å². The number of hydrogen-bond donors (Lipinski definition) is 2. The van der Waals surface area contributed by atoms with Crippen molar-refractivity contribution in [1.29, 1.82) is 0 Å². The quantitative estimate of drug-likeness (QED) is 0.683. The molecule has 22 heavy (non-hydrogen) atoms. The maximum Gasteiger partial charge on any atom is 0.326 e. The van der Waals surface area contributed by atoms with Gasteiger partial charge in [-0.1, -0.05) is 19.8 Å². The first-order valence-corrected chi connectivity index (χ1v) is 9.43. The van der Waals surface area contributed by atoms with Gasteiger partial charge in [-0.05, 0) is 26.2 Å². The molecule has 2 atom stereocenters. The van der Waals surface area contributed by atoms with Gasteiger partial charge in [-0.25, -0.2) is 17.5 Å². The zero-order chi connectivity index (χ0) is 16.8. The van der Waals surface area contributed by atoms with Gasteiger partial charge < -0.3 is 10.4 Å². The molecule has 0 aromatic heterocycles. The second-order valence-corrected chi connectivity index (χ2v) is 7.90. The molecule has 1 unspecified atom stereocenters. The molecule has 2 N–H and O–H groups in total. The first-order valence-electron chi connectivity index (χ1n) is 7.82. The summed E-state index contributed by atoms with van der Waals surface area (Å²) in [5, 5.41) is 11.7. The monoisotopic (exact) mass is 334 g/mol. The minimum atomic E-state index is -3.31. The van der Waals surface area contributed by atoms with Crippen LogP contribution in [0.3, 0.4) is 0 Å². The van der Waals surface area contributed by atoms with Crippen molar-refractivity contribution in [2.75, 3.05) is 18.8 Å². The Hall–Kier alpha value is -1.15. The van der Waals surface area contributed by atoms with Gasteiger partial charge in [0, 0.05) is 13.1 Å². The molecule has 0 aromatic rings. The number of amides is 1. The van der Waals surface area contributed by atoms with E-state index in [1.807, 2.05) is 6.92 Å². The predicted molar refractivity (Wildman–Crippen MR) is 82.8 cm³/mol. The molecule has 0 aliphatic carbocycles. The maximum atomic E-state index is 12.2. The van der Waals surface area contributed by atoms with Crippen LogP contribution in [0.2, 0.25) is 0 Å². The van der Waals surface area contributed by atoms with E-state index >= 15 is 0 Å². The van der Waals surface area contributed by atoms with Gasteiger partial charge in [0.05, 0.1) is 11.7 Å². The SMILES string of the molecule is CCCC[C@H](NC(=O)C1CCCN(S(=O)(=O)CC)C1)C(=O)O. The Kier molecular flexibility index (Phi) is 7.28. The number of unbranched alkanes of at least 4 members (excludes halogenated alkanes) is 1. The van der Waals surface area contributed by atoms with Crippen molar-refractivity contribution in [3.05, 3.63) is 0 Å². The molecule has 1 saturated heterocycles. The Balaban J connectivity index is 2.66. The minimum Gasteiger partial charge on any atom is -0.480 e. The fourth-order valence-corrected chi connectivity index (χ4v) is 3.73. The first kappa shape index (κ1) is 18.9. The third-order valence-electron chi connectivity index (χ3n) is 3.97. The zero-order valence-corrected chi connectivity index (χ0v) is 14.1. The van der Waals surface area contributed by atoms with Crippen LogP contribution >= 0.6 is 0 Å². The summed E-state index contributed by atoms with van der Waals surface area (Å²) in [6.45, 7) is 4.10. The van der Waals surface area contributed by atoms with Crippen LogP contribution in [0, 0.1) is 5.92 Å². The molecule has 8 heteroatoms. The second kappa shape index (κ2) is 8.47. The Morgan fingerprint density at radius 2 is 2.05 bits per heavy atom. The largest absolute Gasteiger partial charge is 0.480 e. The number of carbonyl (C=O) groups excluding carboxylic acids is 1. The third-order valence-corrected chi connectivity index (χ3v) is 5.82. The molecule has 0 spiro atoms. The van der Waals surface area contributed by atoms with E-state index in [2.05, 4.69) is 5.32 Å². The highest BCUT2D eigenvalue weighted by Crippen LogP contribution is 2.20. The van der Waals surface area contributed by atoms with Crippen molar-refractivity contribution in [3.8, 4) is 0 Å². The van der Waals surface area contributed by atoms with Crippen LogP contribution in [0.15, 0.2) is 0 Å². The predicted octanol–water partition coefficient (Wildman–Crippen LogP) is 0.808. The normalized spacial score (nSPS) is 21.3. The Bertz CT molecular complexity index is 491. The average molecular weight is 334 g/mol. The van der Waals surface area contributed by atoms with E-state index < -0.39 is 28.0 Å². The summed E-state index contributed by atoms with van der Waals surface area (Å²) in [5.41, 5.74) is 0. The molecule has 0 aromatic carbocycles. The summed E-state index contributed by atoms with van der Waals surface area (Å²) >= 11 is 0. The van der Waals surface area contributed by atoms with Crippen LogP contribution < -0.4 is 5.32 Å². The van der Waals surface area contributed by atoms with Crippen molar-refractivity contribution in [1.82, 2.24) is 9.62 Å². The van der Waals surface area contributed by atoms with E-state index in [4.69, 9.17) is 5.11 Å². The molecule has 1 heterocycles. The number of carbonyl (C=O) groups is 2. The average Bonchev–Trinajstić information content (AvgIpc) is 2.51. The molecule has 0 saturated carbocycles. The highest BCUT2D eigenvalue weighted by Gasteiger charge is 2.32. The molecule has 1 aliphatic rings. The Labute approximate surface area is 132 Å². The number of nitrogens with one attached hydrogen (secondary N) is 1. The fourth-order valence-electron chi connectivity index (χ4n) is 2.55. The lowest BCUT2D eigenvalue weighted by molar-refractivity contribution is -0.143. The van der Waals surface area contributed by atoms with Gasteiger partial charge >= 0.3 is 5.97 Å². The van der Waals surface area contributed by atoms with Crippen LogP contribution in [0.25, 0.3) is 0 Å². The van der Waals surface area contributed by atoms with Crippen molar-refractivity contribution in [2.24, 2.45) is 5.92 Å². The van der Waals surface area contributed by atoms with Crippen molar-refractivity contribution in [2.45, 2.75) is 52.0 Å². The summed E-state index contributed by atoms with van der Waals surface area (Å²) < 4.78 is 25.1. The Morgan fingerprint density at radius 1 is 1.36 bits per heavy atom. The van der Waals surface area contributed by atoms with Crippen LogP contribution in [-0.4, -0.2) is 54.6 Å². The molecule has 1 rings (SSSR count). The Morgan fingerprint density at radius 3 is 2.59 bits per heavy atom. The molecule has 7 nitrogen and oxygen atoms in total. The topological polar surface area (TPSA) is 104 Å². The maximum absolute atomic E-state index is 12.2. The number of carboxylic acids is 1. The number of hydrogen-bond acceptors (Lipinski definition) is 4. The third kappa shape index (κ3) is 5.24. The van der Waals surface area contributed by atoms with Gasteiger partial charge in [0.1, 0.15) is 6.04 Å². The summed E-state index contributed by atoms with van der Waals surface area (Å²) in [6, 6.07) is -0.898. The van der Waals surface area contributed by atoms with Gasteiger partial charge in [-0.15, -0.1) is 0 Å². The smallest absolute Gasteiger partial charge is 0.326 e. The number of aliphatic carboxylic acids is 1. The van der Waals surface area contributed by atoms with Crippen LogP contribution in [0.1, 0.15) is 46.0 Å². The molecular formula is C14H26N2O5S. The van der Waals surface area contributed by atoms with Crippen molar-refractivity contribution < 1.29 is 23.1 Å². The highest BCUT2D eigenvalue weighted by atomic mass is 32.2. The standard InChI is InChI=1S/C14H26N2O5S/c1-3-5-8-12(14(18)19)15-13(17)11-7-6-9-16(10-11)22(20,21)4-2/h11-12H,3-10H2,1-2H3,(H,15,17)(H,18,19)/t11?,12-/m0/s1. The fraction of sp³-hybridized carbons (Fsp3) is 0.857. The number of piperidine rings is 1. The molecular weight excluding hydrogens is 308 g/mol. The number of sulfonamides is 1. The molecule has 128 valence electrons. The molecule has 1 fully saturated rings. The van der Waals surface area contributed by atoms with E-state index in [0.29, 0.717) is 25.8 Å². The lowest BCUT2D eigenvalue weighted by atomic mass is 9.98. The van der Waals surface area contributed by atoms with Gasteiger partial charge in [0.2, 0.25) is 15.9 Å². The van der Waals surface area contributed by atoms with Crippen molar-refractivity contribution >= 4 is 21.9 Å². The number of rotatable bonds is 8. The lowest BCUT2D eigenvalue weighted by Gasteiger charge is -2.31. The van der Waals surface area contributed by atoms with Crippen molar-refractivity contribution in [3.63, 3.8) is 0 Å². The second-order valence-electron chi connectivity index (χ2n) is 5.64. The summed E-state index contributed by atoms with van der Waals surface area (Å²) in [4.78, 5) is 23.4. The molecule has 1 aliphatic heterocycles. The zero-order valence-electron chi connectivity index (χ0n) is 13.2. The van der Waals surface area contributed by atoms with E-state index in [0.717, 1.165) is 12.8 Å². The summed E-state index contributed by atoms with van der Waals surface area (Å²) in [6.07, 6.45) is 3.16. The summed E-state index contributed by atoms with van der Waals surface area (Å²) in [7, 11) is -3.31. The molecule has 0 bridgehead atoms. The van der Waals surface area contributed by atoms with Gasteiger partial charge in [-0.2, -0.15) is 0 Å². The van der Waals surface area contributed by atoms with Gasteiger partial charge in [-0.3, -0.25) is 4.79 Å². The highest BCUT2D eigenvalue weighted by molar-refractivity contribution is 7.89. The molecule has 1 amide bonds. The van der Waals surface area contributed by atoms with Crippen LogP contribution in [-0.2, 0) is 19.6 Å². The van der Waals surface area contributed by atoms with Crippen LogP contribution in [0.4, 0.5) is 0 Å². The lowest BCUT2D eigenvalue weighted by Crippen LogP contribution is -2.49. The number of carboxylic acid groups (broad SMARTS) is 1. The van der Waals surface area contributed by atoms with E-state index in [1.165, 1.54) is 4.31 Å².